The van der Waals surface area contributed by atoms with E-state index >= 15 is 0 Å². The highest BCUT2D eigenvalue weighted by molar-refractivity contribution is 6.30. The standard InChI is InChI=1S/C32H42ClNO5/c1-6-8-22-15-25(33)12-13-26(22)24-19-34(18-21-9-7-10-21)28-16-23(11-14-29(28)38-20-24)27(31(36)37-5)17-30(35)39-32(2,3)4/h11-16,21,24,27H,6-10,17-20H2,1-5H3/t24?,27-/m1/s1. The fraction of sp³-hybridized carbons (Fsp3) is 0.562. The number of anilines is 1. The second-order valence-corrected chi connectivity index (χ2v) is 12.3. The Balaban J connectivity index is 1.67. The van der Waals surface area contributed by atoms with Gasteiger partial charge < -0.3 is 19.1 Å². The van der Waals surface area contributed by atoms with Gasteiger partial charge in [-0.15, -0.1) is 0 Å². The summed E-state index contributed by atoms with van der Waals surface area (Å²) in [4.78, 5) is 28.0. The van der Waals surface area contributed by atoms with E-state index in [4.69, 9.17) is 25.8 Å². The van der Waals surface area contributed by atoms with Crippen LogP contribution in [0.5, 0.6) is 5.75 Å². The number of nitrogens with zero attached hydrogens (tertiary/aromatic N) is 1. The second-order valence-electron chi connectivity index (χ2n) is 11.9. The molecular formula is C32H42ClNO5. The molecule has 1 unspecified atom stereocenters. The van der Waals surface area contributed by atoms with Crippen LogP contribution in [0.2, 0.25) is 5.02 Å². The number of halogens is 1. The smallest absolute Gasteiger partial charge is 0.313 e. The van der Waals surface area contributed by atoms with E-state index in [2.05, 4.69) is 24.0 Å². The molecule has 212 valence electrons. The molecule has 0 bridgehead atoms. The number of benzene rings is 2. The molecule has 2 aliphatic rings. The average molecular weight is 556 g/mol. The van der Waals surface area contributed by atoms with Crippen molar-refractivity contribution in [3.05, 3.63) is 58.1 Å². The topological polar surface area (TPSA) is 65.1 Å². The summed E-state index contributed by atoms with van der Waals surface area (Å²) in [5.41, 5.74) is 3.62. The van der Waals surface area contributed by atoms with E-state index in [9.17, 15) is 9.59 Å². The summed E-state index contributed by atoms with van der Waals surface area (Å²) in [6.07, 6.45) is 5.65. The van der Waals surface area contributed by atoms with Gasteiger partial charge in [-0.25, -0.2) is 0 Å². The first-order valence-electron chi connectivity index (χ1n) is 14.2. The highest BCUT2D eigenvalue weighted by atomic mass is 35.5. The predicted molar refractivity (Wildman–Crippen MR) is 155 cm³/mol. The van der Waals surface area contributed by atoms with Gasteiger partial charge in [-0.05, 0) is 86.9 Å². The van der Waals surface area contributed by atoms with Gasteiger partial charge in [-0.1, -0.05) is 43.5 Å². The predicted octanol–water partition coefficient (Wildman–Crippen LogP) is 7.06. The van der Waals surface area contributed by atoms with E-state index in [1.807, 2.05) is 45.0 Å². The number of carbonyl (C=O) groups is 2. The number of aryl methyl sites for hydroxylation is 1. The minimum Gasteiger partial charge on any atom is -0.491 e. The summed E-state index contributed by atoms with van der Waals surface area (Å²) in [5.74, 6) is -0.0258. The Kier molecular flexibility index (Phi) is 9.47. The number of ether oxygens (including phenoxy) is 3. The third-order valence-electron chi connectivity index (χ3n) is 7.65. The first kappa shape index (κ1) is 29.3. The lowest BCUT2D eigenvalue weighted by atomic mass is 9.84. The third-order valence-corrected chi connectivity index (χ3v) is 7.89. The van der Waals surface area contributed by atoms with Crippen molar-refractivity contribution in [2.45, 2.75) is 83.7 Å². The SMILES string of the molecule is CCCc1cc(Cl)ccc1C1COc2ccc([C@@H](CC(=O)OC(C)(C)C)C(=O)OC)cc2N(CC2CCC2)C1. The fourth-order valence-electron chi connectivity index (χ4n) is 5.56. The van der Waals surface area contributed by atoms with Gasteiger partial charge in [0, 0.05) is 24.0 Å². The van der Waals surface area contributed by atoms with Crippen molar-refractivity contribution in [3.63, 3.8) is 0 Å². The minimum absolute atomic E-state index is 0.0833. The van der Waals surface area contributed by atoms with E-state index in [-0.39, 0.29) is 12.3 Å². The first-order valence-corrected chi connectivity index (χ1v) is 14.6. The zero-order valence-corrected chi connectivity index (χ0v) is 24.7. The molecular weight excluding hydrogens is 514 g/mol. The molecule has 2 aromatic carbocycles. The van der Waals surface area contributed by atoms with Crippen LogP contribution in [0.1, 0.15) is 88.3 Å². The Morgan fingerprint density at radius 3 is 2.56 bits per heavy atom. The molecule has 7 heteroatoms. The van der Waals surface area contributed by atoms with Crippen LogP contribution in [-0.4, -0.2) is 44.3 Å². The summed E-state index contributed by atoms with van der Waals surface area (Å²) >= 11 is 6.36. The molecule has 4 rings (SSSR count). The van der Waals surface area contributed by atoms with E-state index in [0.717, 1.165) is 48.0 Å². The quantitative estimate of drug-likeness (QED) is 0.308. The van der Waals surface area contributed by atoms with E-state index < -0.39 is 23.5 Å². The molecule has 0 spiro atoms. The number of hydrogen-bond donors (Lipinski definition) is 0. The fourth-order valence-corrected chi connectivity index (χ4v) is 5.76. The number of esters is 2. The van der Waals surface area contributed by atoms with Gasteiger partial charge in [0.1, 0.15) is 11.4 Å². The van der Waals surface area contributed by atoms with Crippen LogP contribution in [0.4, 0.5) is 5.69 Å². The third kappa shape index (κ3) is 7.47. The first-order chi connectivity index (χ1) is 18.6. The maximum absolute atomic E-state index is 12.8. The van der Waals surface area contributed by atoms with Crippen LogP contribution in [0, 0.1) is 5.92 Å². The lowest BCUT2D eigenvalue weighted by Crippen LogP contribution is -2.35. The lowest BCUT2D eigenvalue weighted by molar-refractivity contribution is -0.158. The van der Waals surface area contributed by atoms with Crippen LogP contribution in [0.25, 0.3) is 0 Å². The van der Waals surface area contributed by atoms with Crippen molar-refractivity contribution < 1.29 is 23.8 Å². The molecule has 6 nitrogen and oxygen atoms in total. The molecule has 0 aromatic heterocycles. The zero-order valence-electron chi connectivity index (χ0n) is 23.9. The molecule has 2 aromatic rings. The number of hydrogen-bond acceptors (Lipinski definition) is 6. The maximum Gasteiger partial charge on any atom is 0.313 e. The number of carbonyl (C=O) groups excluding carboxylic acids is 2. The Bertz CT molecular complexity index is 1170. The molecule has 0 amide bonds. The molecule has 39 heavy (non-hydrogen) atoms. The summed E-state index contributed by atoms with van der Waals surface area (Å²) in [6, 6.07) is 12.0. The van der Waals surface area contributed by atoms with Gasteiger partial charge in [0.25, 0.3) is 0 Å². The van der Waals surface area contributed by atoms with Gasteiger partial charge in [-0.3, -0.25) is 9.59 Å². The summed E-state index contributed by atoms with van der Waals surface area (Å²) in [6.45, 7) is 9.94. The molecule has 0 N–H and O–H groups in total. The summed E-state index contributed by atoms with van der Waals surface area (Å²) in [7, 11) is 1.35. The highest BCUT2D eigenvalue weighted by Gasteiger charge is 2.32. The van der Waals surface area contributed by atoms with Crippen molar-refractivity contribution in [1.29, 1.82) is 0 Å². The van der Waals surface area contributed by atoms with Gasteiger partial charge in [0.2, 0.25) is 0 Å². The average Bonchev–Trinajstić information content (AvgIpc) is 3.02. The highest BCUT2D eigenvalue weighted by Crippen LogP contribution is 2.40. The molecule has 1 saturated carbocycles. The summed E-state index contributed by atoms with van der Waals surface area (Å²) in [5, 5.41) is 0.759. The number of rotatable bonds is 9. The monoisotopic (exact) mass is 555 g/mol. The van der Waals surface area contributed by atoms with Crippen molar-refractivity contribution in [3.8, 4) is 5.75 Å². The Hall–Kier alpha value is -2.73. The molecule has 2 atom stereocenters. The van der Waals surface area contributed by atoms with Crippen molar-refractivity contribution in [1.82, 2.24) is 0 Å². The lowest BCUT2D eigenvalue weighted by Gasteiger charge is -2.35. The molecule has 0 radical (unpaired) electrons. The molecule has 1 heterocycles. The number of fused-ring (bicyclic) bond motifs is 1. The Morgan fingerprint density at radius 2 is 1.92 bits per heavy atom. The van der Waals surface area contributed by atoms with Crippen molar-refractivity contribution >= 4 is 29.2 Å². The van der Waals surface area contributed by atoms with Crippen LogP contribution in [-0.2, 0) is 25.5 Å². The van der Waals surface area contributed by atoms with Gasteiger partial charge in [0.05, 0.1) is 31.7 Å². The largest absolute Gasteiger partial charge is 0.491 e. The van der Waals surface area contributed by atoms with Crippen LogP contribution in [0.15, 0.2) is 36.4 Å². The normalized spacial score (nSPS) is 18.3. The second kappa shape index (κ2) is 12.6. The van der Waals surface area contributed by atoms with Crippen LogP contribution >= 0.6 is 11.6 Å². The Morgan fingerprint density at radius 1 is 1.15 bits per heavy atom. The molecule has 1 aliphatic carbocycles. The Labute approximate surface area is 238 Å². The van der Waals surface area contributed by atoms with Crippen molar-refractivity contribution in [2.24, 2.45) is 5.92 Å². The zero-order chi connectivity index (χ0) is 28.2. The van der Waals surface area contributed by atoms with Crippen LogP contribution in [0.3, 0.4) is 0 Å². The number of methoxy groups -OCH3 is 1. The van der Waals surface area contributed by atoms with Crippen LogP contribution < -0.4 is 9.64 Å². The van der Waals surface area contributed by atoms with Crippen molar-refractivity contribution in [2.75, 3.05) is 31.7 Å². The van der Waals surface area contributed by atoms with E-state index in [1.165, 1.54) is 37.5 Å². The van der Waals surface area contributed by atoms with Gasteiger partial charge in [0.15, 0.2) is 0 Å². The summed E-state index contributed by atoms with van der Waals surface area (Å²) < 4.78 is 17.1. The van der Waals surface area contributed by atoms with Gasteiger partial charge >= 0.3 is 11.9 Å². The minimum atomic E-state index is -0.757. The molecule has 1 fully saturated rings. The van der Waals surface area contributed by atoms with E-state index in [1.54, 1.807) is 0 Å². The molecule has 1 aliphatic heterocycles. The molecule has 0 saturated heterocycles. The van der Waals surface area contributed by atoms with E-state index in [0.29, 0.717) is 12.5 Å². The maximum atomic E-state index is 12.8. The van der Waals surface area contributed by atoms with Gasteiger partial charge in [-0.2, -0.15) is 0 Å².